The molecule has 14 heteroatoms. The lowest BCUT2D eigenvalue weighted by Crippen LogP contribution is -2.57. The first-order valence-electron chi connectivity index (χ1n) is 8.39. The molecule has 13 nitrogen and oxygen atoms in total. The number of hydrogen-bond donors (Lipinski definition) is 8. The largest absolute Gasteiger partial charge is 0.481 e. The van der Waals surface area contributed by atoms with Crippen LogP contribution in [0.2, 0.25) is 0 Å². The number of nitrogens with two attached hydrogens (primary N) is 2. The van der Waals surface area contributed by atoms with Crippen LogP contribution in [0.25, 0.3) is 0 Å². The van der Waals surface area contributed by atoms with E-state index in [0.717, 1.165) is 6.92 Å². The molecule has 0 radical (unpaired) electrons. The van der Waals surface area contributed by atoms with E-state index in [1.54, 1.807) is 0 Å². The minimum absolute atomic E-state index is 0.0428. The Labute approximate surface area is 171 Å². The quantitative estimate of drug-likeness (QED) is 0.134. The molecule has 4 atom stereocenters. The fourth-order valence-electron chi connectivity index (χ4n) is 1.96. The number of hydrogen-bond acceptors (Lipinski definition) is 8. The summed E-state index contributed by atoms with van der Waals surface area (Å²) in [7, 11) is 0. The summed E-state index contributed by atoms with van der Waals surface area (Å²) in [6.07, 6.45) is -1.47. The van der Waals surface area contributed by atoms with Gasteiger partial charge in [0, 0.05) is 12.2 Å². The molecule has 0 aromatic rings. The van der Waals surface area contributed by atoms with Gasteiger partial charge in [-0.25, -0.2) is 0 Å². The van der Waals surface area contributed by atoms with Crippen molar-refractivity contribution in [1.82, 2.24) is 16.0 Å². The van der Waals surface area contributed by atoms with Crippen molar-refractivity contribution in [3.8, 4) is 0 Å². The van der Waals surface area contributed by atoms with E-state index in [1.807, 2.05) is 0 Å². The molecule has 0 aliphatic heterocycles. The third kappa shape index (κ3) is 10.3. The van der Waals surface area contributed by atoms with Crippen molar-refractivity contribution in [2.75, 3.05) is 5.75 Å². The zero-order valence-corrected chi connectivity index (χ0v) is 16.5. The molecule has 4 amide bonds. The van der Waals surface area contributed by atoms with Crippen LogP contribution in [0, 0.1) is 0 Å². The van der Waals surface area contributed by atoms with Crippen molar-refractivity contribution in [2.45, 2.75) is 50.4 Å². The number of thiol groups is 1. The zero-order chi connectivity index (χ0) is 22.7. The molecule has 0 aliphatic carbocycles. The Balaban J connectivity index is 5.37. The van der Waals surface area contributed by atoms with Crippen molar-refractivity contribution < 1.29 is 39.0 Å². The molecule has 0 rings (SSSR count). The summed E-state index contributed by atoms with van der Waals surface area (Å²) < 4.78 is 0. The number of aliphatic carboxylic acids is 2. The highest BCUT2D eigenvalue weighted by Gasteiger charge is 2.30. The second-order valence-electron chi connectivity index (χ2n) is 6.08. The lowest BCUT2D eigenvalue weighted by molar-refractivity contribution is -0.142. The number of carboxylic acids is 2. The molecule has 0 heterocycles. The van der Waals surface area contributed by atoms with Crippen LogP contribution in [0.15, 0.2) is 0 Å². The second-order valence-corrected chi connectivity index (χ2v) is 6.45. The molecule has 0 saturated carbocycles. The first-order chi connectivity index (χ1) is 13.4. The van der Waals surface area contributed by atoms with E-state index in [2.05, 4.69) is 28.6 Å². The molecule has 0 fully saturated rings. The molecule has 164 valence electrons. The molecule has 0 aromatic heterocycles. The van der Waals surface area contributed by atoms with Gasteiger partial charge < -0.3 is 37.6 Å². The lowest BCUT2D eigenvalue weighted by atomic mass is 10.1. The monoisotopic (exact) mass is 435 g/mol. The van der Waals surface area contributed by atoms with Gasteiger partial charge in [0.2, 0.25) is 23.6 Å². The van der Waals surface area contributed by atoms with Gasteiger partial charge in [0.05, 0.1) is 12.5 Å². The predicted octanol–water partition coefficient (Wildman–Crippen LogP) is -3.46. The molecule has 0 spiro atoms. The van der Waals surface area contributed by atoms with E-state index in [1.165, 1.54) is 0 Å². The van der Waals surface area contributed by atoms with Gasteiger partial charge in [-0.05, 0) is 13.3 Å². The molecule has 4 unspecified atom stereocenters. The maximum atomic E-state index is 12.5. The Hall–Kier alpha value is -2.87. The Bertz CT molecular complexity index is 659. The SMILES string of the molecule is CC(NC(=O)C(CC(N)=O)NC(=O)C(CCC(=O)O)NC(=O)C(N)CS)C(=O)O. The fourth-order valence-corrected chi connectivity index (χ4v) is 2.12. The normalized spacial score (nSPS) is 14.6. The van der Waals surface area contributed by atoms with Gasteiger partial charge in [-0.1, -0.05) is 0 Å². The number of rotatable bonds is 13. The molecule has 0 bridgehead atoms. The van der Waals surface area contributed by atoms with Crippen LogP contribution in [-0.2, 0) is 28.8 Å². The van der Waals surface area contributed by atoms with Crippen LogP contribution in [0.5, 0.6) is 0 Å². The number of carboxylic acid groups (broad SMARTS) is 2. The van der Waals surface area contributed by atoms with E-state index < -0.39 is 72.6 Å². The summed E-state index contributed by atoms with van der Waals surface area (Å²) in [5, 5.41) is 24.1. The van der Waals surface area contributed by atoms with Crippen LogP contribution in [0.3, 0.4) is 0 Å². The van der Waals surface area contributed by atoms with Crippen molar-refractivity contribution >= 4 is 48.2 Å². The number of primary amides is 1. The Morgan fingerprint density at radius 3 is 1.90 bits per heavy atom. The van der Waals surface area contributed by atoms with Gasteiger partial charge in [0.1, 0.15) is 18.1 Å². The van der Waals surface area contributed by atoms with E-state index in [0.29, 0.717) is 0 Å². The number of carbonyl (C=O) groups excluding carboxylic acids is 4. The summed E-state index contributed by atoms with van der Waals surface area (Å²) in [6, 6.07) is -5.31. The Morgan fingerprint density at radius 1 is 0.931 bits per heavy atom. The van der Waals surface area contributed by atoms with E-state index in [-0.39, 0.29) is 12.2 Å². The first kappa shape index (κ1) is 26.1. The van der Waals surface area contributed by atoms with Crippen LogP contribution < -0.4 is 27.4 Å². The summed E-state index contributed by atoms with van der Waals surface area (Å²) in [5.74, 6) is -6.35. The number of carbonyl (C=O) groups is 6. The number of amides is 4. The maximum absolute atomic E-state index is 12.5. The molecule has 0 aliphatic rings. The summed E-state index contributed by atoms with van der Waals surface area (Å²) in [6.45, 7) is 1.16. The van der Waals surface area contributed by atoms with E-state index >= 15 is 0 Å². The topological polar surface area (TPSA) is 231 Å². The Kier molecular flexibility index (Phi) is 11.3. The first-order valence-corrected chi connectivity index (χ1v) is 9.02. The maximum Gasteiger partial charge on any atom is 0.325 e. The van der Waals surface area contributed by atoms with Gasteiger partial charge in [-0.3, -0.25) is 28.8 Å². The van der Waals surface area contributed by atoms with Crippen molar-refractivity contribution in [1.29, 1.82) is 0 Å². The van der Waals surface area contributed by atoms with Gasteiger partial charge in [-0.15, -0.1) is 0 Å². The standard InChI is InChI=1S/C15H25N5O8S/c1-6(15(27)28)18-14(26)9(4-10(17)21)20-13(25)8(2-3-11(22)23)19-12(24)7(16)5-29/h6-9,29H,2-5,16H2,1H3,(H2,17,21)(H,18,26)(H,19,24)(H,20,25)(H,22,23)(H,27,28). The average molecular weight is 435 g/mol. The second kappa shape index (κ2) is 12.6. The van der Waals surface area contributed by atoms with Gasteiger partial charge in [-0.2, -0.15) is 12.6 Å². The van der Waals surface area contributed by atoms with Crippen LogP contribution in [0.1, 0.15) is 26.2 Å². The smallest absolute Gasteiger partial charge is 0.325 e. The summed E-state index contributed by atoms with van der Waals surface area (Å²) >= 11 is 3.85. The van der Waals surface area contributed by atoms with E-state index in [4.69, 9.17) is 21.7 Å². The number of nitrogens with one attached hydrogen (secondary N) is 3. The minimum atomic E-state index is -1.54. The highest BCUT2D eigenvalue weighted by molar-refractivity contribution is 7.80. The Morgan fingerprint density at radius 2 is 1.45 bits per heavy atom. The summed E-state index contributed by atoms with van der Waals surface area (Å²) in [4.78, 5) is 69.5. The molecule has 9 N–H and O–H groups in total. The molecule has 29 heavy (non-hydrogen) atoms. The average Bonchev–Trinajstić information content (AvgIpc) is 2.62. The fraction of sp³-hybridized carbons (Fsp3) is 0.600. The van der Waals surface area contributed by atoms with Crippen molar-refractivity contribution in [3.05, 3.63) is 0 Å². The van der Waals surface area contributed by atoms with Gasteiger partial charge in [0.15, 0.2) is 0 Å². The highest BCUT2D eigenvalue weighted by Crippen LogP contribution is 2.02. The van der Waals surface area contributed by atoms with Crippen LogP contribution >= 0.6 is 12.6 Å². The van der Waals surface area contributed by atoms with Crippen molar-refractivity contribution in [2.24, 2.45) is 11.5 Å². The van der Waals surface area contributed by atoms with Gasteiger partial charge in [0.25, 0.3) is 0 Å². The van der Waals surface area contributed by atoms with Crippen LogP contribution in [-0.4, -0.2) is 75.7 Å². The summed E-state index contributed by atoms with van der Waals surface area (Å²) in [5.41, 5.74) is 10.6. The highest BCUT2D eigenvalue weighted by atomic mass is 32.1. The minimum Gasteiger partial charge on any atom is -0.481 e. The van der Waals surface area contributed by atoms with E-state index in [9.17, 15) is 28.8 Å². The lowest BCUT2D eigenvalue weighted by Gasteiger charge is -2.23. The predicted molar refractivity (Wildman–Crippen MR) is 102 cm³/mol. The third-order valence-corrected chi connectivity index (χ3v) is 3.97. The van der Waals surface area contributed by atoms with Crippen LogP contribution in [0.4, 0.5) is 0 Å². The zero-order valence-electron chi connectivity index (χ0n) is 15.6. The molecular formula is C15H25N5O8S. The van der Waals surface area contributed by atoms with Crippen molar-refractivity contribution in [3.63, 3.8) is 0 Å². The molecule has 0 aromatic carbocycles. The van der Waals surface area contributed by atoms with Gasteiger partial charge >= 0.3 is 11.9 Å². The third-order valence-electron chi connectivity index (χ3n) is 3.58. The molecule has 0 saturated heterocycles. The molecular weight excluding hydrogens is 410 g/mol.